The van der Waals surface area contributed by atoms with Gasteiger partial charge in [-0.2, -0.15) is 0 Å². The summed E-state index contributed by atoms with van der Waals surface area (Å²) >= 11 is 0. The Hall–Kier alpha value is -3.93. The highest BCUT2D eigenvalue weighted by Crippen LogP contribution is 2.44. The summed E-state index contributed by atoms with van der Waals surface area (Å²) in [4.78, 5) is 38.3. The molecule has 0 atom stereocenters. The molecule has 6 heteroatoms. The minimum Gasteiger partial charge on any atom is -0.449 e. The van der Waals surface area contributed by atoms with Crippen LogP contribution in [0, 0.1) is 0 Å². The van der Waals surface area contributed by atoms with Gasteiger partial charge in [-0.1, -0.05) is 60.7 Å². The van der Waals surface area contributed by atoms with E-state index in [0.717, 1.165) is 0 Å². The van der Waals surface area contributed by atoms with E-state index < -0.39 is 6.09 Å². The van der Waals surface area contributed by atoms with E-state index in [-0.39, 0.29) is 24.3 Å². The lowest BCUT2D eigenvalue weighted by Gasteiger charge is -2.15. The molecule has 0 saturated carbocycles. The van der Waals surface area contributed by atoms with Crippen molar-refractivity contribution in [2.45, 2.75) is 18.8 Å². The molecule has 6 nitrogen and oxygen atoms in total. The Morgan fingerprint density at radius 2 is 1.27 bits per heavy atom. The van der Waals surface area contributed by atoms with Crippen LogP contribution in [0.15, 0.2) is 72.8 Å². The van der Waals surface area contributed by atoms with Gasteiger partial charge >= 0.3 is 6.09 Å². The van der Waals surface area contributed by atoms with Gasteiger partial charge in [0.2, 0.25) is 0 Å². The molecule has 166 valence electrons. The second-order valence-electron chi connectivity index (χ2n) is 8.27. The van der Waals surface area contributed by atoms with E-state index in [1.54, 1.807) is 24.3 Å². The van der Waals surface area contributed by atoms with Crippen molar-refractivity contribution in [3.05, 3.63) is 95.1 Å². The fraction of sp³-hybridized carbons (Fsp3) is 0.222. The van der Waals surface area contributed by atoms with E-state index in [1.165, 1.54) is 27.2 Å². The van der Waals surface area contributed by atoms with Gasteiger partial charge < -0.3 is 10.1 Å². The van der Waals surface area contributed by atoms with Gasteiger partial charge in [0.05, 0.1) is 11.1 Å². The molecule has 1 aliphatic heterocycles. The normalized spacial score (nSPS) is 14.1. The maximum atomic E-state index is 12.4. The topological polar surface area (TPSA) is 75.7 Å². The number of rotatable bonds is 7. The van der Waals surface area contributed by atoms with Crippen LogP contribution >= 0.6 is 0 Å². The van der Waals surface area contributed by atoms with Gasteiger partial charge in [0.25, 0.3) is 11.8 Å². The molecule has 1 N–H and O–H groups in total. The lowest BCUT2D eigenvalue weighted by atomic mass is 9.98. The third-order valence-corrected chi connectivity index (χ3v) is 6.30. The highest BCUT2D eigenvalue weighted by Gasteiger charge is 2.34. The molecule has 2 aliphatic rings. The standard InChI is InChI=1S/C27H24N2O4/c30-25-22-13-5-6-14-23(22)26(31)29(25)16-8-7-15-28-27(32)33-17-24-20-11-3-1-9-18(20)19-10-2-4-12-21(19)24/h1-6,9-14,24H,7-8,15-17H2,(H,28,32). The van der Waals surface area contributed by atoms with Crippen LogP contribution in [0.1, 0.15) is 50.6 Å². The van der Waals surface area contributed by atoms with Crippen molar-refractivity contribution < 1.29 is 19.1 Å². The minimum atomic E-state index is -0.461. The Morgan fingerprint density at radius 3 is 1.85 bits per heavy atom. The predicted molar refractivity (Wildman–Crippen MR) is 124 cm³/mol. The summed E-state index contributed by atoms with van der Waals surface area (Å²) in [5.41, 5.74) is 5.64. The van der Waals surface area contributed by atoms with Crippen molar-refractivity contribution in [2.75, 3.05) is 19.7 Å². The predicted octanol–water partition coefficient (Wildman–Crippen LogP) is 4.60. The molecule has 0 unspecified atom stereocenters. The maximum absolute atomic E-state index is 12.4. The third-order valence-electron chi connectivity index (χ3n) is 6.30. The Bertz CT molecular complexity index is 1160. The fourth-order valence-corrected chi connectivity index (χ4v) is 4.68. The van der Waals surface area contributed by atoms with Crippen LogP contribution in [0.25, 0.3) is 11.1 Å². The highest BCUT2D eigenvalue weighted by molar-refractivity contribution is 6.21. The number of carbonyl (C=O) groups excluding carboxylic acids is 3. The second kappa shape index (κ2) is 8.90. The van der Waals surface area contributed by atoms with Gasteiger partial charge in [-0.25, -0.2) is 4.79 Å². The molecule has 0 radical (unpaired) electrons. The van der Waals surface area contributed by atoms with E-state index >= 15 is 0 Å². The molecule has 0 saturated heterocycles. The summed E-state index contributed by atoms with van der Waals surface area (Å²) in [5, 5.41) is 2.77. The molecule has 0 bridgehead atoms. The zero-order chi connectivity index (χ0) is 22.8. The molecule has 5 rings (SSSR count). The van der Waals surface area contributed by atoms with Gasteiger partial charge in [0, 0.05) is 19.0 Å². The largest absolute Gasteiger partial charge is 0.449 e. The first kappa shape index (κ1) is 20.9. The number of carbonyl (C=O) groups is 3. The van der Waals surface area contributed by atoms with Crippen LogP contribution in [0.5, 0.6) is 0 Å². The number of benzene rings is 3. The van der Waals surface area contributed by atoms with Crippen molar-refractivity contribution in [1.82, 2.24) is 10.2 Å². The molecule has 0 spiro atoms. The van der Waals surface area contributed by atoms with Crippen molar-refractivity contribution in [3.63, 3.8) is 0 Å². The average Bonchev–Trinajstić information content (AvgIpc) is 3.30. The summed E-state index contributed by atoms with van der Waals surface area (Å²) in [6.45, 7) is 1.02. The van der Waals surface area contributed by atoms with Gasteiger partial charge in [-0.05, 0) is 47.2 Å². The number of hydrogen-bond donors (Lipinski definition) is 1. The summed E-state index contributed by atoms with van der Waals surface area (Å²) in [6, 6.07) is 23.3. The lowest BCUT2D eigenvalue weighted by Crippen LogP contribution is -2.32. The van der Waals surface area contributed by atoms with Gasteiger partial charge in [-0.15, -0.1) is 0 Å². The summed E-state index contributed by atoms with van der Waals surface area (Å²) in [5.74, 6) is -0.475. The second-order valence-corrected chi connectivity index (χ2v) is 8.27. The number of ether oxygens (including phenoxy) is 1. The van der Waals surface area contributed by atoms with E-state index in [0.29, 0.717) is 37.1 Å². The van der Waals surface area contributed by atoms with Crippen molar-refractivity contribution in [1.29, 1.82) is 0 Å². The molecule has 0 fully saturated rings. The Kier molecular flexibility index (Phi) is 5.65. The summed E-state index contributed by atoms with van der Waals surface area (Å²) in [6.07, 6.45) is 0.782. The zero-order valence-electron chi connectivity index (χ0n) is 18.1. The number of alkyl carbamates (subject to hydrolysis) is 1. The highest BCUT2D eigenvalue weighted by atomic mass is 16.5. The number of unbranched alkanes of at least 4 members (excludes halogenated alkanes) is 1. The number of nitrogens with one attached hydrogen (secondary N) is 1. The summed E-state index contributed by atoms with van der Waals surface area (Å²) in [7, 11) is 0. The average molecular weight is 440 g/mol. The quantitative estimate of drug-likeness (QED) is 0.430. The smallest absolute Gasteiger partial charge is 0.407 e. The monoisotopic (exact) mass is 440 g/mol. The Balaban J connectivity index is 1.08. The molecule has 3 aromatic rings. The number of nitrogens with zero attached hydrogens (tertiary/aromatic N) is 1. The van der Waals surface area contributed by atoms with Crippen LogP contribution in [-0.4, -0.2) is 42.5 Å². The Labute approximate surface area is 192 Å². The number of hydrogen-bond acceptors (Lipinski definition) is 4. The van der Waals surface area contributed by atoms with Crippen molar-refractivity contribution >= 4 is 17.9 Å². The maximum Gasteiger partial charge on any atom is 0.407 e. The molecule has 3 aromatic carbocycles. The molecule has 0 aromatic heterocycles. The fourth-order valence-electron chi connectivity index (χ4n) is 4.68. The summed E-state index contributed by atoms with van der Waals surface area (Å²) < 4.78 is 5.53. The molecule has 1 heterocycles. The number of fused-ring (bicyclic) bond motifs is 4. The van der Waals surface area contributed by atoms with E-state index in [1.807, 2.05) is 24.3 Å². The SMILES string of the molecule is O=C(NCCCCN1C(=O)c2ccccc2C1=O)OCC1c2ccccc2-c2ccccc21. The lowest BCUT2D eigenvalue weighted by molar-refractivity contribution is 0.0651. The van der Waals surface area contributed by atoms with Gasteiger partial charge in [-0.3, -0.25) is 14.5 Å². The van der Waals surface area contributed by atoms with Crippen LogP contribution in [0.2, 0.25) is 0 Å². The van der Waals surface area contributed by atoms with Crippen LogP contribution < -0.4 is 5.32 Å². The van der Waals surface area contributed by atoms with Crippen LogP contribution in [0.3, 0.4) is 0 Å². The Morgan fingerprint density at radius 1 is 0.758 bits per heavy atom. The first-order valence-corrected chi connectivity index (χ1v) is 11.2. The molecule has 33 heavy (non-hydrogen) atoms. The van der Waals surface area contributed by atoms with E-state index in [4.69, 9.17) is 4.74 Å². The van der Waals surface area contributed by atoms with Crippen LogP contribution in [-0.2, 0) is 4.74 Å². The van der Waals surface area contributed by atoms with Crippen molar-refractivity contribution in [2.24, 2.45) is 0 Å². The third kappa shape index (κ3) is 3.89. The number of amides is 3. The zero-order valence-corrected chi connectivity index (χ0v) is 18.1. The molecular weight excluding hydrogens is 416 g/mol. The minimum absolute atomic E-state index is 0.0250. The van der Waals surface area contributed by atoms with Gasteiger partial charge in [0.1, 0.15) is 6.61 Å². The van der Waals surface area contributed by atoms with Gasteiger partial charge in [0.15, 0.2) is 0 Å². The molecular formula is C27H24N2O4. The van der Waals surface area contributed by atoms with Crippen molar-refractivity contribution in [3.8, 4) is 11.1 Å². The first-order valence-electron chi connectivity index (χ1n) is 11.2. The molecule has 3 amide bonds. The van der Waals surface area contributed by atoms with E-state index in [9.17, 15) is 14.4 Å². The molecule has 1 aliphatic carbocycles. The first-order chi connectivity index (χ1) is 16.1. The van der Waals surface area contributed by atoms with Crippen LogP contribution in [0.4, 0.5) is 4.79 Å². The number of imide groups is 1. The van der Waals surface area contributed by atoms with E-state index in [2.05, 4.69) is 29.6 Å².